The largest absolute Gasteiger partial charge is 0.494 e. The van der Waals surface area contributed by atoms with Gasteiger partial charge in [-0.05, 0) is 58.6 Å². The first kappa shape index (κ1) is 16.3. The molecule has 4 nitrogen and oxygen atoms in total. The first-order chi connectivity index (χ1) is 10.6. The molecule has 2 aliphatic rings. The van der Waals surface area contributed by atoms with Crippen molar-refractivity contribution < 1.29 is 14.1 Å². The molecule has 0 aliphatic carbocycles. The minimum Gasteiger partial charge on any atom is -0.399 e. The lowest BCUT2D eigenvalue weighted by atomic mass is 9.79. The van der Waals surface area contributed by atoms with E-state index in [1.807, 2.05) is 58.9 Å². The highest BCUT2D eigenvalue weighted by Crippen LogP contribution is 2.36. The number of hydrogen-bond acceptors (Lipinski definition) is 3. The lowest BCUT2D eigenvalue weighted by Crippen LogP contribution is -2.41. The normalized spacial score (nSPS) is 26.2. The van der Waals surface area contributed by atoms with Crippen molar-refractivity contribution in [1.82, 2.24) is 0 Å². The molecule has 2 aliphatic heterocycles. The first-order valence-electron chi connectivity index (χ1n) is 8.09. The van der Waals surface area contributed by atoms with Gasteiger partial charge in [-0.15, -0.1) is 0 Å². The van der Waals surface area contributed by atoms with E-state index in [4.69, 9.17) is 9.31 Å². The molecule has 1 atom stereocenters. The van der Waals surface area contributed by atoms with Crippen molar-refractivity contribution >= 4 is 24.2 Å². The van der Waals surface area contributed by atoms with Crippen LogP contribution in [0.25, 0.3) is 0 Å². The molecule has 0 radical (unpaired) electrons. The molecule has 5 heteroatoms. The first-order valence-corrected chi connectivity index (χ1v) is 8.09. The number of anilines is 1. The van der Waals surface area contributed by atoms with Crippen molar-refractivity contribution in [3.05, 3.63) is 36.4 Å². The molecule has 1 amide bonds. The van der Waals surface area contributed by atoms with Gasteiger partial charge in [0.05, 0.1) is 11.2 Å². The second-order valence-corrected chi connectivity index (χ2v) is 7.51. The van der Waals surface area contributed by atoms with Crippen molar-refractivity contribution in [1.29, 1.82) is 0 Å². The molecular weight excluding hydrogens is 289 g/mol. The Kier molecular flexibility index (Phi) is 3.69. The fraction of sp³-hybridized carbons (Fsp3) is 0.500. The molecule has 122 valence electrons. The molecule has 1 aromatic carbocycles. The molecule has 1 unspecified atom stereocenters. The third-order valence-electron chi connectivity index (χ3n) is 5.20. The summed E-state index contributed by atoms with van der Waals surface area (Å²) in [6.45, 7) is 14.0. The van der Waals surface area contributed by atoms with E-state index in [1.165, 1.54) is 0 Å². The van der Waals surface area contributed by atoms with Gasteiger partial charge in [-0.1, -0.05) is 18.7 Å². The smallest absolute Gasteiger partial charge is 0.399 e. The van der Waals surface area contributed by atoms with Crippen molar-refractivity contribution in [2.45, 2.75) is 58.3 Å². The average molecular weight is 313 g/mol. The van der Waals surface area contributed by atoms with Crippen LogP contribution in [0.4, 0.5) is 5.69 Å². The van der Waals surface area contributed by atoms with Gasteiger partial charge in [0.1, 0.15) is 0 Å². The summed E-state index contributed by atoms with van der Waals surface area (Å²) in [7, 11) is -0.379. The van der Waals surface area contributed by atoms with Gasteiger partial charge < -0.3 is 14.2 Å². The summed E-state index contributed by atoms with van der Waals surface area (Å²) >= 11 is 0. The molecule has 0 spiro atoms. The van der Waals surface area contributed by atoms with E-state index in [-0.39, 0.29) is 30.3 Å². The average Bonchev–Trinajstić information content (AvgIpc) is 2.83. The fourth-order valence-corrected chi connectivity index (χ4v) is 3.05. The number of carbonyl (C=O) groups is 1. The van der Waals surface area contributed by atoms with E-state index in [0.29, 0.717) is 5.57 Å². The van der Waals surface area contributed by atoms with E-state index < -0.39 is 0 Å². The molecule has 2 fully saturated rings. The van der Waals surface area contributed by atoms with Gasteiger partial charge in [-0.2, -0.15) is 0 Å². The van der Waals surface area contributed by atoms with Crippen LogP contribution in [0.3, 0.4) is 0 Å². The number of rotatable bonds is 2. The van der Waals surface area contributed by atoms with Gasteiger partial charge in [0.2, 0.25) is 0 Å². The molecule has 23 heavy (non-hydrogen) atoms. The van der Waals surface area contributed by atoms with E-state index in [2.05, 4.69) is 6.58 Å². The quantitative estimate of drug-likeness (QED) is 0.622. The monoisotopic (exact) mass is 313 g/mol. The standard InChI is InChI=1S/C18H24BNO3/c1-12-11-13(2)20(16(12)21)15-9-7-14(8-10-15)19-22-17(3,4)18(5,6)23-19/h7-10,13H,1,11H2,2-6H3. The molecule has 3 rings (SSSR count). The Hall–Kier alpha value is -1.59. The predicted octanol–water partition coefficient (Wildman–Crippen LogP) is 2.67. The van der Waals surface area contributed by atoms with Gasteiger partial charge in [-0.25, -0.2) is 0 Å². The lowest BCUT2D eigenvalue weighted by Gasteiger charge is -2.32. The minimum atomic E-state index is -0.379. The van der Waals surface area contributed by atoms with Gasteiger partial charge in [-0.3, -0.25) is 4.79 Å². The van der Waals surface area contributed by atoms with Crippen molar-refractivity contribution in [3.63, 3.8) is 0 Å². The van der Waals surface area contributed by atoms with Crippen LogP contribution in [0.2, 0.25) is 0 Å². The summed E-state index contributed by atoms with van der Waals surface area (Å²) in [5.41, 5.74) is 1.82. The summed E-state index contributed by atoms with van der Waals surface area (Å²) in [5.74, 6) is 0.0147. The molecule has 0 N–H and O–H groups in total. The maximum Gasteiger partial charge on any atom is 0.494 e. The van der Waals surface area contributed by atoms with Crippen LogP contribution in [0.15, 0.2) is 36.4 Å². The van der Waals surface area contributed by atoms with Crippen LogP contribution >= 0.6 is 0 Å². The molecule has 1 aromatic rings. The summed E-state index contributed by atoms with van der Waals surface area (Å²) in [6, 6.07) is 8.00. The summed E-state index contributed by atoms with van der Waals surface area (Å²) < 4.78 is 12.1. The summed E-state index contributed by atoms with van der Waals surface area (Å²) in [5, 5.41) is 0. The Morgan fingerprint density at radius 1 is 1.13 bits per heavy atom. The molecule has 2 saturated heterocycles. The van der Waals surface area contributed by atoms with Crippen molar-refractivity contribution in [2.24, 2.45) is 0 Å². The van der Waals surface area contributed by atoms with Gasteiger partial charge in [0.25, 0.3) is 5.91 Å². The van der Waals surface area contributed by atoms with Crippen molar-refractivity contribution in [2.75, 3.05) is 4.90 Å². The predicted molar refractivity (Wildman–Crippen MR) is 92.9 cm³/mol. The Balaban J connectivity index is 1.81. The van der Waals surface area contributed by atoms with Gasteiger partial charge >= 0.3 is 7.12 Å². The molecular formula is C18H24BNO3. The summed E-state index contributed by atoms with van der Waals surface area (Å²) in [6.07, 6.45) is 0.720. The highest BCUT2D eigenvalue weighted by atomic mass is 16.7. The maximum absolute atomic E-state index is 12.2. The third kappa shape index (κ3) is 2.62. The lowest BCUT2D eigenvalue weighted by molar-refractivity contribution is -0.114. The highest BCUT2D eigenvalue weighted by Gasteiger charge is 2.51. The van der Waals surface area contributed by atoms with Gasteiger partial charge in [0, 0.05) is 17.3 Å². The van der Waals surface area contributed by atoms with Crippen LogP contribution in [0, 0.1) is 0 Å². The van der Waals surface area contributed by atoms with E-state index in [9.17, 15) is 4.79 Å². The SMILES string of the molecule is C=C1CC(C)N(c2ccc(B3OC(C)(C)C(C)(C)O3)cc2)C1=O. The van der Waals surface area contributed by atoms with Crippen LogP contribution in [0.5, 0.6) is 0 Å². The zero-order valence-corrected chi connectivity index (χ0v) is 14.6. The Labute approximate surface area is 138 Å². The third-order valence-corrected chi connectivity index (χ3v) is 5.20. The Morgan fingerprint density at radius 2 is 1.65 bits per heavy atom. The molecule has 2 heterocycles. The van der Waals surface area contributed by atoms with E-state index in [0.717, 1.165) is 17.6 Å². The molecule has 0 saturated carbocycles. The van der Waals surface area contributed by atoms with E-state index in [1.54, 1.807) is 4.90 Å². The Bertz CT molecular complexity index is 635. The number of benzene rings is 1. The fourth-order valence-electron chi connectivity index (χ4n) is 3.05. The minimum absolute atomic E-state index is 0.0147. The van der Waals surface area contributed by atoms with Crippen LogP contribution in [-0.4, -0.2) is 30.3 Å². The van der Waals surface area contributed by atoms with Crippen molar-refractivity contribution in [3.8, 4) is 0 Å². The summed E-state index contributed by atoms with van der Waals surface area (Å²) in [4.78, 5) is 14.0. The second-order valence-electron chi connectivity index (χ2n) is 7.51. The van der Waals surface area contributed by atoms with Crippen LogP contribution < -0.4 is 10.4 Å². The zero-order valence-electron chi connectivity index (χ0n) is 14.6. The number of amides is 1. The van der Waals surface area contributed by atoms with Crippen LogP contribution in [0.1, 0.15) is 41.0 Å². The number of nitrogens with zero attached hydrogens (tertiary/aromatic N) is 1. The number of hydrogen-bond donors (Lipinski definition) is 0. The second kappa shape index (κ2) is 5.21. The molecule has 0 bridgehead atoms. The molecule has 0 aromatic heterocycles. The topological polar surface area (TPSA) is 38.8 Å². The van der Waals surface area contributed by atoms with Crippen LogP contribution in [-0.2, 0) is 14.1 Å². The van der Waals surface area contributed by atoms with E-state index >= 15 is 0 Å². The zero-order chi connectivity index (χ0) is 17.0. The maximum atomic E-state index is 12.2. The highest BCUT2D eigenvalue weighted by molar-refractivity contribution is 6.62. The van der Waals surface area contributed by atoms with Gasteiger partial charge in [0.15, 0.2) is 0 Å². The number of carbonyl (C=O) groups excluding carboxylic acids is 1. The Morgan fingerprint density at radius 3 is 2.09 bits per heavy atom.